The molecule has 1 aliphatic heterocycles. The molecule has 0 amide bonds. The van der Waals surface area contributed by atoms with E-state index < -0.39 is 0 Å². The van der Waals surface area contributed by atoms with Crippen molar-refractivity contribution in [3.05, 3.63) is 24.7 Å². The van der Waals surface area contributed by atoms with E-state index in [1.807, 2.05) is 0 Å². The Kier molecular flexibility index (Phi) is 2.75. The van der Waals surface area contributed by atoms with E-state index in [0.29, 0.717) is 13.2 Å². The molecule has 0 saturated carbocycles. The van der Waals surface area contributed by atoms with Crippen LogP contribution in [0.1, 0.15) is 13.8 Å². The minimum Gasteiger partial charge on any atom is -0.407 e. The standard InChI is InChI=1S/C9H15BO2/c1-5-8(2)10-11-6-9(3,4)7-12-10/h5H,1-2,6-7H2,3-4H3. The Labute approximate surface area is 74.4 Å². The maximum absolute atomic E-state index is 5.45. The Balaban J connectivity index is 2.46. The van der Waals surface area contributed by atoms with Crippen molar-refractivity contribution in [1.82, 2.24) is 0 Å². The van der Waals surface area contributed by atoms with Gasteiger partial charge in [-0.3, -0.25) is 0 Å². The summed E-state index contributed by atoms with van der Waals surface area (Å²) in [5.41, 5.74) is 0.920. The number of allylic oxidation sites excluding steroid dienone is 2. The van der Waals surface area contributed by atoms with Crippen LogP contribution >= 0.6 is 0 Å². The molecule has 0 bridgehead atoms. The number of hydrogen-bond donors (Lipinski definition) is 0. The van der Waals surface area contributed by atoms with E-state index in [1.54, 1.807) is 6.08 Å². The first kappa shape index (κ1) is 9.55. The van der Waals surface area contributed by atoms with Gasteiger partial charge in [-0.05, 0) is 5.47 Å². The average Bonchev–Trinajstić information content (AvgIpc) is 2.03. The normalized spacial score (nSPS) is 22.0. The van der Waals surface area contributed by atoms with Crippen molar-refractivity contribution in [2.24, 2.45) is 5.41 Å². The van der Waals surface area contributed by atoms with Crippen molar-refractivity contribution in [2.75, 3.05) is 13.2 Å². The molecule has 0 atom stereocenters. The van der Waals surface area contributed by atoms with Gasteiger partial charge in [0.15, 0.2) is 0 Å². The molecular weight excluding hydrogens is 151 g/mol. The van der Waals surface area contributed by atoms with Crippen molar-refractivity contribution in [3.63, 3.8) is 0 Å². The van der Waals surface area contributed by atoms with Crippen LogP contribution in [-0.2, 0) is 9.31 Å². The maximum atomic E-state index is 5.45. The van der Waals surface area contributed by atoms with Gasteiger partial charge in [-0.15, -0.1) is 0 Å². The van der Waals surface area contributed by atoms with E-state index in [4.69, 9.17) is 9.31 Å². The molecule has 0 aromatic heterocycles. The second-order valence-corrected chi connectivity index (χ2v) is 3.90. The minimum atomic E-state index is -0.282. The van der Waals surface area contributed by atoms with Crippen molar-refractivity contribution < 1.29 is 9.31 Å². The Morgan fingerprint density at radius 3 is 2.33 bits per heavy atom. The highest BCUT2D eigenvalue weighted by Gasteiger charge is 2.32. The third-order valence-electron chi connectivity index (χ3n) is 1.82. The quantitative estimate of drug-likeness (QED) is 0.460. The highest BCUT2D eigenvalue weighted by molar-refractivity contribution is 6.54. The van der Waals surface area contributed by atoms with Crippen molar-refractivity contribution in [3.8, 4) is 0 Å². The molecule has 1 rings (SSSR count). The van der Waals surface area contributed by atoms with Gasteiger partial charge in [-0.1, -0.05) is 33.1 Å². The van der Waals surface area contributed by atoms with Crippen LogP contribution in [0, 0.1) is 5.41 Å². The molecule has 1 aliphatic rings. The van der Waals surface area contributed by atoms with Crippen molar-refractivity contribution >= 4 is 7.12 Å². The lowest BCUT2D eigenvalue weighted by Crippen LogP contribution is -2.41. The Hall–Kier alpha value is -0.535. The van der Waals surface area contributed by atoms with Gasteiger partial charge in [-0.25, -0.2) is 0 Å². The van der Waals surface area contributed by atoms with E-state index in [2.05, 4.69) is 27.0 Å². The first-order chi connectivity index (χ1) is 5.55. The summed E-state index contributed by atoms with van der Waals surface area (Å²) in [6, 6.07) is 0. The summed E-state index contributed by atoms with van der Waals surface area (Å²) in [5, 5.41) is 0. The Bertz CT molecular complexity index is 189. The lowest BCUT2D eigenvalue weighted by atomic mass is 9.76. The van der Waals surface area contributed by atoms with E-state index in [9.17, 15) is 0 Å². The summed E-state index contributed by atoms with van der Waals surface area (Å²) in [6.07, 6.45) is 1.67. The zero-order valence-corrected chi connectivity index (χ0v) is 7.80. The third kappa shape index (κ3) is 2.22. The highest BCUT2D eigenvalue weighted by Crippen LogP contribution is 2.23. The summed E-state index contributed by atoms with van der Waals surface area (Å²) >= 11 is 0. The van der Waals surface area contributed by atoms with E-state index >= 15 is 0 Å². The third-order valence-corrected chi connectivity index (χ3v) is 1.82. The van der Waals surface area contributed by atoms with Gasteiger partial charge in [-0.2, -0.15) is 0 Å². The van der Waals surface area contributed by atoms with Crippen LogP contribution in [0.5, 0.6) is 0 Å². The molecule has 1 saturated heterocycles. The van der Waals surface area contributed by atoms with Crippen molar-refractivity contribution in [2.45, 2.75) is 13.8 Å². The zero-order valence-electron chi connectivity index (χ0n) is 7.80. The average molecular weight is 166 g/mol. The van der Waals surface area contributed by atoms with E-state index in [0.717, 1.165) is 5.47 Å². The van der Waals surface area contributed by atoms with Gasteiger partial charge < -0.3 is 9.31 Å². The molecule has 0 N–H and O–H groups in total. The predicted octanol–water partition coefficient (Wildman–Crippen LogP) is 1.83. The first-order valence-electron chi connectivity index (χ1n) is 4.10. The first-order valence-corrected chi connectivity index (χ1v) is 4.10. The fourth-order valence-electron chi connectivity index (χ4n) is 1.00. The smallest absolute Gasteiger partial charge is 0.407 e. The van der Waals surface area contributed by atoms with Crippen LogP contribution < -0.4 is 0 Å². The molecule has 1 fully saturated rings. The van der Waals surface area contributed by atoms with E-state index in [-0.39, 0.29) is 12.5 Å². The number of rotatable bonds is 2. The molecule has 12 heavy (non-hydrogen) atoms. The fraction of sp³-hybridized carbons (Fsp3) is 0.556. The number of hydrogen-bond acceptors (Lipinski definition) is 2. The molecule has 66 valence electrons. The monoisotopic (exact) mass is 166 g/mol. The molecule has 0 aliphatic carbocycles. The summed E-state index contributed by atoms with van der Waals surface area (Å²) in [6.45, 7) is 13.0. The molecule has 0 radical (unpaired) electrons. The largest absolute Gasteiger partial charge is 0.493 e. The van der Waals surface area contributed by atoms with Gasteiger partial charge in [0.2, 0.25) is 0 Å². The summed E-state index contributed by atoms with van der Waals surface area (Å²) in [5.74, 6) is 0. The molecule has 1 heterocycles. The van der Waals surface area contributed by atoms with Crippen LogP contribution in [0.25, 0.3) is 0 Å². The van der Waals surface area contributed by atoms with Gasteiger partial charge in [0, 0.05) is 18.6 Å². The van der Waals surface area contributed by atoms with Crippen LogP contribution in [0.15, 0.2) is 24.7 Å². The van der Waals surface area contributed by atoms with Gasteiger partial charge >= 0.3 is 7.12 Å². The van der Waals surface area contributed by atoms with Gasteiger partial charge in [0.05, 0.1) is 0 Å². The minimum absolute atomic E-state index is 0.123. The lowest BCUT2D eigenvalue weighted by Gasteiger charge is -2.33. The molecule has 0 spiro atoms. The van der Waals surface area contributed by atoms with Crippen LogP contribution in [0.2, 0.25) is 0 Å². The van der Waals surface area contributed by atoms with E-state index in [1.165, 1.54) is 0 Å². The fourth-order valence-corrected chi connectivity index (χ4v) is 1.00. The van der Waals surface area contributed by atoms with Crippen LogP contribution in [-0.4, -0.2) is 20.3 Å². The van der Waals surface area contributed by atoms with Crippen LogP contribution in [0.4, 0.5) is 0 Å². The molecule has 0 aromatic rings. The molecule has 3 heteroatoms. The summed E-state index contributed by atoms with van der Waals surface area (Å²) in [7, 11) is -0.282. The maximum Gasteiger partial charge on any atom is 0.493 e. The Morgan fingerprint density at radius 2 is 1.92 bits per heavy atom. The zero-order chi connectivity index (χ0) is 9.19. The molecule has 0 unspecified atom stereocenters. The highest BCUT2D eigenvalue weighted by atomic mass is 16.6. The van der Waals surface area contributed by atoms with Crippen LogP contribution in [0.3, 0.4) is 0 Å². The topological polar surface area (TPSA) is 18.5 Å². The SMILES string of the molecule is C=CC(=C)B1OCC(C)(C)CO1. The van der Waals surface area contributed by atoms with Gasteiger partial charge in [0.1, 0.15) is 0 Å². The summed E-state index contributed by atoms with van der Waals surface area (Å²) in [4.78, 5) is 0. The van der Waals surface area contributed by atoms with Crippen molar-refractivity contribution in [1.29, 1.82) is 0 Å². The Morgan fingerprint density at radius 1 is 1.42 bits per heavy atom. The lowest BCUT2D eigenvalue weighted by molar-refractivity contribution is 0.0326. The predicted molar refractivity (Wildman–Crippen MR) is 50.8 cm³/mol. The second kappa shape index (κ2) is 3.46. The molecule has 0 aromatic carbocycles. The van der Waals surface area contributed by atoms with Gasteiger partial charge in [0.25, 0.3) is 0 Å². The molecular formula is C9H15BO2. The summed E-state index contributed by atoms with van der Waals surface area (Å²) < 4.78 is 10.9. The molecule has 2 nitrogen and oxygen atoms in total. The second-order valence-electron chi connectivity index (χ2n) is 3.90.